The summed E-state index contributed by atoms with van der Waals surface area (Å²) in [6.45, 7) is 0. The van der Waals surface area contributed by atoms with Gasteiger partial charge >= 0.3 is 15.6 Å². The predicted octanol–water partition coefficient (Wildman–Crippen LogP) is 2.33. The van der Waals surface area contributed by atoms with Gasteiger partial charge in [-0.05, 0) is 12.1 Å². The molecule has 0 atom stereocenters. The molecule has 0 aromatic heterocycles. The van der Waals surface area contributed by atoms with E-state index in [1.807, 2.05) is 0 Å². The molecule has 0 unspecified atom stereocenters. The second-order valence-corrected chi connectivity index (χ2v) is 4.19. The highest BCUT2D eigenvalue weighted by atomic mass is 32.2. The Morgan fingerprint density at radius 1 is 1.00 bits per heavy atom. The molecule has 96 valence electrons. The Hall–Kier alpha value is -1.45. The number of halogens is 6. The van der Waals surface area contributed by atoms with E-state index in [1.165, 1.54) is 0 Å². The molecular weight excluding hydrogens is 278 g/mol. The highest BCUT2D eigenvalue weighted by Gasteiger charge is 2.49. The SMILES string of the molecule is O=S(=O)(Oc1ccc(F)c(F)c1F)C(F)(F)F. The molecule has 0 radical (unpaired) electrons. The molecule has 0 amide bonds. The summed E-state index contributed by atoms with van der Waals surface area (Å²) in [5.41, 5.74) is -5.80. The molecule has 0 aliphatic carbocycles. The van der Waals surface area contributed by atoms with E-state index in [9.17, 15) is 34.8 Å². The van der Waals surface area contributed by atoms with Gasteiger partial charge in [-0.25, -0.2) is 8.78 Å². The molecule has 0 N–H and O–H groups in total. The fourth-order valence-corrected chi connectivity index (χ4v) is 1.20. The molecule has 1 rings (SSSR count). The maximum atomic E-state index is 12.8. The minimum atomic E-state index is -6.13. The zero-order valence-electron chi connectivity index (χ0n) is 7.56. The van der Waals surface area contributed by atoms with Crippen LogP contribution in [0, 0.1) is 17.5 Å². The molecule has 0 saturated heterocycles. The average Bonchev–Trinajstić information content (AvgIpc) is 2.17. The van der Waals surface area contributed by atoms with Crippen molar-refractivity contribution in [3.05, 3.63) is 29.6 Å². The fourth-order valence-electron chi connectivity index (χ4n) is 0.738. The Bertz CT molecular complexity index is 535. The van der Waals surface area contributed by atoms with Crippen LogP contribution >= 0.6 is 0 Å². The number of hydrogen-bond acceptors (Lipinski definition) is 3. The van der Waals surface area contributed by atoms with Crippen LogP contribution in [0.15, 0.2) is 12.1 Å². The molecule has 1 aromatic rings. The molecule has 0 aliphatic rings. The van der Waals surface area contributed by atoms with Gasteiger partial charge in [0.15, 0.2) is 17.4 Å². The van der Waals surface area contributed by atoms with Crippen LogP contribution in [0.5, 0.6) is 5.75 Å². The second-order valence-electron chi connectivity index (χ2n) is 2.66. The van der Waals surface area contributed by atoms with E-state index in [1.54, 1.807) is 0 Å². The zero-order valence-corrected chi connectivity index (χ0v) is 8.37. The fraction of sp³-hybridized carbons (Fsp3) is 0.143. The molecule has 0 fully saturated rings. The van der Waals surface area contributed by atoms with Crippen molar-refractivity contribution in [2.45, 2.75) is 5.51 Å². The molecule has 0 spiro atoms. The summed E-state index contributed by atoms with van der Waals surface area (Å²) in [5.74, 6) is -7.59. The molecule has 0 saturated carbocycles. The quantitative estimate of drug-likeness (QED) is 0.361. The van der Waals surface area contributed by atoms with E-state index in [0.29, 0.717) is 0 Å². The zero-order chi connectivity index (χ0) is 13.4. The lowest BCUT2D eigenvalue weighted by Gasteiger charge is -2.10. The lowest BCUT2D eigenvalue weighted by molar-refractivity contribution is -0.0501. The van der Waals surface area contributed by atoms with Crippen molar-refractivity contribution in [2.24, 2.45) is 0 Å². The Balaban J connectivity index is 3.19. The minimum absolute atomic E-state index is 0.219. The first-order valence-corrected chi connectivity index (χ1v) is 5.11. The number of hydrogen-bond donors (Lipinski definition) is 0. The monoisotopic (exact) mass is 280 g/mol. The average molecular weight is 280 g/mol. The summed E-state index contributed by atoms with van der Waals surface area (Å²) < 4.78 is 97.4. The van der Waals surface area contributed by atoms with Gasteiger partial charge < -0.3 is 4.18 Å². The smallest absolute Gasteiger partial charge is 0.373 e. The molecule has 0 heterocycles. The highest BCUT2D eigenvalue weighted by Crippen LogP contribution is 2.29. The van der Waals surface area contributed by atoms with Crippen molar-refractivity contribution in [1.29, 1.82) is 0 Å². The third-order valence-electron chi connectivity index (χ3n) is 1.48. The molecular formula is C7H2F6O3S. The largest absolute Gasteiger partial charge is 0.534 e. The number of alkyl halides is 3. The van der Waals surface area contributed by atoms with E-state index in [4.69, 9.17) is 0 Å². The van der Waals surface area contributed by atoms with Gasteiger partial charge in [0.25, 0.3) is 0 Å². The Kier molecular flexibility index (Phi) is 3.28. The summed E-state index contributed by atoms with van der Waals surface area (Å²) >= 11 is 0. The summed E-state index contributed by atoms with van der Waals surface area (Å²) in [7, 11) is -6.13. The van der Waals surface area contributed by atoms with Crippen LogP contribution < -0.4 is 4.18 Å². The van der Waals surface area contributed by atoms with Crippen LogP contribution in [0.3, 0.4) is 0 Å². The highest BCUT2D eigenvalue weighted by molar-refractivity contribution is 7.87. The molecule has 1 aromatic carbocycles. The maximum Gasteiger partial charge on any atom is 0.534 e. The van der Waals surface area contributed by atoms with Crippen LogP contribution in [0.4, 0.5) is 26.3 Å². The van der Waals surface area contributed by atoms with Gasteiger partial charge in [-0.1, -0.05) is 0 Å². The molecule has 0 bridgehead atoms. The van der Waals surface area contributed by atoms with Crippen LogP contribution in [-0.2, 0) is 10.1 Å². The number of benzene rings is 1. The maximum absolute atomic E-state index is 12.8. The van der Waals surface area contributed by atoms with E-state index in [2.05, 4.69) is 4.18 Å². The third-order valence-corrected chi connectivity index (χ3v) is 2.45. The summed E-state index contributed by atoms with van der Waals surface area (Å²) in [4.78, 5) is 0. The molecule has 3 nitrogen and oxygen atoms in total. The van der Waals surface area contributed by atoms with Crippen molar-refractivity contribution in [3.8, 4) is 5.75 Å². The Morgan fingerprint density at radius 3 is 2.00 bits per heavy atom. The van der Waals surface area contributed by atoms with Gasteiger partial charge in [-0.2, -0.15) is 26.0 Å². The van der Waals surface area contributed by atoms with Gasteiger partial charge in [0.2, 0.25) is 5.82 Å². The second kappa shape index (κ2) is 4.09. The van der Waals surface area contributed by atoms with Crippen molar-refractivity contribution in [2.75, 3.05) is 0 Å². The minimum Gasteiger partial charge on any atom is -0.373 e. The first kappa shape index (κ1) is 13.6. The predicted molar refractivity (Wildman–Crippen MR) is 41.9 cm³/mol. The molecule has 0 aliphatic heterocycles. The Labute approximate surface area is 90.7 Å². The lowest BCUT2D eigenvalue weighted by atomic mass is 10.3. The van der Waals surface area contributed by atoms with Crippen molar-refractivity contribution in [3.63, 3.8) is 0 Å². The first-order valence-electron chi connectivity index (χ1n) is 3.70. The van der Waals surface area contributed by atoms with E-state index in [0.717, 1.165) is 0 Å². The van der Waals surface area contributed by atoms with Crippen molar-refractivity contribution in [1.82, 2.24) is 0 Å². The van der Waals surface area contributed by atoms with E-state index >= 15 is 0 Å². The molecule has 17 heavy (non-hydrogen) atoms. The first-order chi connectivity index (χ1) is 7.56. The third kappa shape index (κ3) is 2.62. The summed E-state index contributed by atoms with van der Waals surface area (Å²) in [6, 6.07) is 0.441. The van der Waals surface area contributed by atoms with Gasteiger partial charge in [0.05, 0.1) is 0 Å². The van der Waals surface area contributed by atoms with Gasteiger partial charge in [0, 0.05) is 0 Å². The Morgan fingerprint density at radius 2 is 1.53 bits per heavy atom. The van der Waals surface area contributed by atoms with Crippen LogP contribution in [0.2, 0.25) is 0 Å². The van der Waals surface area contributed by atoms with Crippen molar-refractivity contribution < 1.29 is 38.9 Å². The lowest BCUT2D eigenvalue weighted by Crippen LogP contribution is -2.28. The van der Waals surface area contributed by atoms with Gasteiger partial charge in [-0.15, -0.1) is 0 Å². The number of rotatable bonds is 2. The van der Waals surface area contributed by atoms with E-state index in [-0.39, 0.29) is 12.1 Å². The van der Waals surface area contributed by atoms with Crippen LogP contribution in [0.25, 0.3) is 0 Å². The van der Waals surface area contributed by atoms with Crippen LogP contribution in [-0.4, -0.2) is 13.9 Å². The van der Waals surface area contributed by atoms with Gasteiger partial charge in [0.1, 0.15) is 0 Å². The standard InChI is InChI=1S/C7H2F6O3S/c8-3-1-2-4(6(10)5(3)9)16-17(14,15)7(11,12)13/h1-2H. The normalized spacial score (nSPS) is 12.6. The summed E-state index contributed by atoms with van der Waals surface area (Å²) in [5, 5.41) is 0. The van der Waals surface area contributed by atoms with Crippen molar-refractivity contribution >= 4 is 10.1 Å². The van der Waals surface area contributed by atoms with Gasteiger partial charge in [-0.3, -0.25) is 0 Å². The topological polar surface area (TPSA) is 43.4 Å². The molecule has 10 heteroatoms. The van der Waals surface area contributed by atoms with Crippen LogP contribution in [0.1, 0.15) is 0 Å². The van der Waals surface area contributed by atoms with E-state index < -0.39 is 38.8 Å². The summed E-state index contributed by atoms with van der Waals surface area (Å²) in [6.07, 6.45) is 0.